The van der Waals surface area contributed by atoms with Gasteiger partial charge in [-0.15, -0.1) is 12.4 Å². The predicted octanol–water partition coefficient (Wildman–Crippen LogP) is 3.56. The number of halogens is 1. The minimum absolute atomic E-state index is 0. The SMILES string of the molecule is Cl.Nc1cccc(CN(CCO)C2CCCc3ccccc32)c1. The fourth-order valence-corrected chi connectivity index (χ4v) is 3.51. The molecular weight excluding hydrogens is 308 g/mol. The number of aliphatic hydroxyl groups excluding tert-OH is 1. The van der Waals surface area contributed by atoms with Crippen LogP contribution in [0.1, 0.15) is 35.6 Å². The van der Waals surface area contributed by atoms with Crippen molar-refractivity contribution < 1.29 is 5.11 Å². The molecule has 0 aromatic heterocycles. The van der Waals surface area contributed by atoms with E-state index < -0.39 is 0 Å². The predicted molar refractivity (Wildman–Crippen MR) is 97.7 cm³/mol. The van der Waals surface area contributed by atoms with Crippen molar-refractivity contribution in [3.63, 3.8) is 0 Å². The van der Waals surface area contributed by atoms with Crippen molar-refractivity contribution in [3.05, 3.63) is 65.2 Å². The number of fused-ring (bicyclic) bond motifs is 1. The Labute approximate surface area is 144 Å². The van der Waals surface area contributed by atoms with Gasteiger partial charge in [0.05, 0.1) is 6.61 Å². The number of anilines is 1. The highest BCUT2D eigenvalue weighted by Crippen LogP contribution is 2.34. The normalized spacial score (nSPS) is 16.7. The van der Waals surface area contributed by atoms with Crippen LogP contribution in [0.3, 0.4) is 0 Å². The third-order valence-corrected chi connectivity index (χ3v) is 4.50. The molecule has 0 radical (unpaired) electrons. The molecular formula is C19H25ClN2O. The zero-order valence-corrected chi connectivity index (χ0v) is 14.1. The number of benzene rings is 2. The molecule has 0 saturated heterocycles. The van der Waals surface area contributed by atoms with Crippen LogP contribution in [0.5, 0.6) is 0 Å². The topological polar surface area (TPSA) is 49.5 Å². The summed E-state index contributed by atoms with van der Waals surface area (Å²) >= 11 is 0. The van der Waals surface area contributed by atoms with Gasteiger partial charge in [0.15, 0.2) is 0 Å². The average Bonchev–Trinajstić information content (AvgIpc) is 2.54. The highest BCUT2D eigenvalue weighted by Gasteiger charge is 2.25. The first-order valence-corrected chi connectivity index (χ1v) is 8.05. The largest absolute Gasteiger partial charge is 0.399 e. The Morgan fingerprint density at radius 3 is 2.74 bits per heavy atom. The molecule has 1 aliphatic rings. The van der Waals surface area contributed by atoms with E-state index in [4.69, 9.17) is 5.73 Å². The van der Waals surface area contributed by atoms with Crippen molar-refractivity contribution in [1.29, 1.82) is 0 Å². The van der Waals surface area contributed by atoms with Crippen molar-refractivity contribution in [1.82, 2.24) is 4.90 Å². The minimum atomic E-state index is 0. The van der Waals surface area contributed by atoms with Crippen LogP contribution in [-0.4, -0.2) is 23.2 Å². The standard InChI is InChI=1S/C19H24N2O.ClH/c20-17-8-3-5-15(13-17)14-21(11-12-22)19-10-4-7-16-6-1-2-9-18(16)19;/h1-3,5-6,8-9,13,19,22H,4,7,10-12,14,20H2;1H. The van der Waals surface area contributed by atoms with E-state index in [0.29, 0.717) is 12.6 Å². The van der Waals surface area contributed by atoms with Crippen LogP contribution < -0.4 is 5.73 Å². The summed E-state index contributed by atoms with van der Waals surface area (Å²) in [4.78, 5) is 2.38. The van der Waals surface area contributed by atoms with Crippen molar-refractivity contribution in [2.45, 2.75) is 31.8 Å². The van der Waals surface area contributed by atoms with Gasteiger partial charge in [0.2, 0.25) is 0 Å². The summed E-state index contributed by atoms with van der Waals surface area (Å²) in [5, 5.41) is 9.48. The number of rotatable bonds is 5. The molecule has 3 N–H and O–H groups in total. The maximum absolute atomic E-state index is 9.48. The Hall–Kier alpha value is -1.55. The monoisotopic (exact) mass is 332 g/mol. The molecule has 4 heteroatoms. The molecule has 2 aromatic rings. The van der Waals surface area contributed by atoms with Crippen LogP contribution in [0, 0.1) is 0 Å². The number of hydrogen-bond acceptors (Lipinski definition) is 3. The van der Waals surface area contributed by atoms with Gasteiger partial charge in [-0.05, 0) is 48.1 Å². The maximum atomic E-state index is 9.48. The summed E-state index contributed by atoms with van der Waals surface area (Å²) in [6.07, 6.45) is 3.53. The lowest BCUT2D eigenvalue weighted by molar-refractivity contribution is 0.131. The molecule has 3 nitrogen and oxygen atoms in total. The molecule has 0 heterocycles. The van der Waals surface area contributed by atoms with Gasteiger partial charge in [-0.1, -0.05) is 36.4 Å². The van der Waals surface area contributed by atoms with Gasteiger partial charge >= 0.3 is 0 Å². The minimum Gasteiger partial charge on any atom is -0.399 e. The fraction of sp³-hybridized carbons (Fsp3) is 0.368. The Kier molecular flexibility index (Phi) is 6.46. The van der Waals surface area contributed by atoms with E-state index in [0.717, 1.165) is 25.1 Å². The van der Waals surface area contributed by atoms with Gasteiger partial charge in [0.1, 0.15) is 0 Å². The third-order valence-electron chi connectivity index (χ3n) is 4.50. The summed E-state index contributed by atoms with van der Waals surface area (Å²) in [5.41, 5.74) is 10.8. The van der Waals surface area contributed by atoms with Gasteiger partial charge in [0, 0.05) is 24.8 Å². The summed E-state index contributed by atoms with van der Waals surface area (Å²) in [5.74, 6) is 0. The van der Waals surface area contributed by atoms with E-state index in [9.17, 15) is 5.11 Å². The Morgan fingerprint density at radius 1 is 1.13 bits per heavy atom. The quantitative estimate of drug-likeness (QED) is 0.823. The van der Waals surface area contributed by atoms with Crippen LogP contribution in [0.25, 0.3) is 0 Å². The lowest BCUT2D eigenvalue weighted by atomic mass is 9.86. The van der Waals surface area contributed by atoms with E-state index in [1.807, 2.05) is 18.2 Å². The maximum Gasteiger partial charge on any atom is 0.0558 e. The van der Waals surface area contributed by atoms with Gasteiger partial charge < -0.3 is 10.8 Å². The molecule has 124 valence electrons. The summed E-state index contributed by atoms with van der Waals surface area (Å²) in [7, 11) is 0. The molecule has 0 bridgehead atoms. The van der Waals surface area contributed by atoms with Crippen LogP contribution >= 0.6 is 12.4 Å². The highest BCUT2D eigenvalue weighted by molar-refractivity contribution is 5.85. The number of nitrogen functional groups attached to an aromatic ring is 1. The zero-order chi connectivity index (χ0) is 15.4. The van der Waals surface area contributed by atoms with Crippen LogP contribution in [-0.2, 0) is 13.0 Å². The highest BCUT2D eigenvalue weighted by atomic mass is 35.5. The number of aliphatic hydroxyl groups is 1. The van der Waals surface area contributed by atoms with Gasteiger partial charge in [-0.25, -0.2) is 0 Å². The van der Waals surface area contributed by atoms with E-state index in [-0.39, 0.29) is 19.0 Å². The first-order chi connectivity index (χ1) is 10.8. The van der Waals surface area contributed by atoms with E-state index in [1.165, 1.54) is 23.1 Å². The summed E-state index contributed by atoms with van der Waals surface area (Å²) in [6, 6.07) is 17.1. The molecule has 1 unspecified atom stereocenters. The van der Waals surface area contributed by atoms with Gasteiger partial charge in [0.25, 0.3) is 0 Å². The van der Waals surface area contributed by atoms with Gasteiger partial charge in [-0.2, -0.15) is 0 Å². The van der Waals surface area contributed by atoms with Crippen molar-refractivity contribution in [2.24, 2.45) is 0 Å². The lowest BCUT2D eigenvalue weighted by Crippen LogP contribution is -2.33. The molecule has 0 aliphatic heterocycles. The molecule has 0 fully saturated rings. The number of aryl methyl sites for hydroxylation is 1. The molecule has 3 rings (SSSR count). The Balaban J connectivity index is 0.00000192. The molecule has 0 spiro atoms. The van der Waals surface area contributed by atoms with Crippen LogP contribution in [0.4, 0.5) is 5.69 Å². The van der Waals surface area contributed by atoms with Crippen LogP contribution in [0.15, 0.2) is 48.5 Å². The number of hydrogen-bond donors (Lipinski definition) is 2. The molecule has 0 amide bonds. The molecule has 2 aromatic carbocycles. The Morgan fingerprint density at radius 2 is 1.96 bits per heavy atom. The van der Waals surface area contributed by atoms with Gasteiger partial charge in [-0.3, -0.25) is 4.90 Å². The first kappa shape index (κ1) is 17.8. The zero-order valence-electron chi connectivity index (χ0n) is 13.3. The van der Waals surface area contributed by atoms with Crippen molar-refractivity contribution >= 4 is 18.1 Å². The molecule has 1 aliphatic carbocycles. The molecule has 1 atom stereocenters. The van der Waals surface area contributed by atoms with E-state index >= 15 is 0 Å². The molecule has 23 heavy (non-hydrogen) atoms. The fourth-order valence-electron chi connectivity index (χ4n) is 3.51. The lowest BCUT2D eigenvalue weighted by Gasteiger charge is -2.35. The smallest absolute Gasteiger partial charge is 0.0558 e. The summed E-state index contributed by atoms with van der Waals surface area (Å²) in [6.45, 7) is 1.69. The average molecular weight is 333 g/mol. The second-order valence-corrected chi connectivity index (χ2v) is 6.05. The summed E-state index contributed by atoms with van der Waals surface area (Å²) < 4.78 is 0. The molecule has 0 saturated carbocycles. The number of nitrogens with two attached hydrogens (primary N) is 1. The second kappa shape index (κ2) is 8.34. The second-order valence-electron chi connectivity index (χ2n) is 6.05. The van der Waals surface area contributed by atoms with Crippen LogP contribution in [0.2, 0.25) is 0 Å². The van der Waals surface area contributed by atoms with E-state index in [2.05, 4.69) is 35.2 Å². The Bertz CT molecular complexity index is 632. The van der Waals surface area contributed by atoms with Crippen molar-refractivity contribution in [3.8, 4) is 0 Å². The number of nitrogens with zero attached hydrogens (tertiary/aromatic N) is 1. The first-order valence-electron chi connectivity index (χ1n) is 8.05. The van der Waals surface area contributed by atoms with Crippen molar-refractivity contribution in [2.75, 3.05) is 18.9 Å². The third kappa shape index (κ3) is 4.25. The van der Waals surface area contributed by atoms with E-state index in [1.54, 1.807) is 0 Å².